The SMILES string of the molecule is Cc1cnc(N(C)C2CCCN(Cc3sc(C)nc3C)C2)nc1. The number of hydrogen-bond acceptors (Lipinski definition) is 6. The molecule has 3 heterocycles. The molecule has 2 aromatic heterocycles. The minimum atomic E-state index is 0.473. The van der Waals surface area contributed by atoms with Gasteiger partial charge in [0.05, 0.1) is 10.7 Å². The first-order valence-corrected chi connectivity index (χ1v) is 9.01. The van der Waals surface area contributed by atoms with Gasteiger partial charge in [0.2, 0.25) is 5.95 Å². The Morgan fingerprint density at radius 3 is 2.65 bits per heavy atom. The van der Waals surface area contributed by atoms with E-state index in [9.17, 15) is 0 Å². The molecule has 124 valence electrons. The number of thiazole rings is 1. The van der Waals surface area contributed by atoms with Crippen molar-refractivity contribution in [3.63, 3.8) is 0 Å². The van der Waals surface area contributed by atoms with Gasteiger partial charge in [0.15, 0.2) is 0 Å². The number of nitrogens with zero attached hydrogens (tertiary/aromatic N) is 5. The summed E-state index contributed by atoms with van der Waals surface area (Å²) in [5, 5.41) is 1.16. The van der Waals surface area contributed by atoms with Crippen LogP contribution < -0.4 is 4.90 Å². The molecular formula is C17H25N5S. The van der Waals surface area contributed by atoms with Crippen molar-refractivity contribution in [1.29, 1.82) is 0 Å². The van der Waals surface area contributed by atoms with Gasteiger partial charge in [-0.1, -0.05) is 0 Å². The Morgan fingerprint density at radius 2 is 2.00 bits per heavy atom. The van der Waals surface area contributed by atoms with Gasteiger partial charge in [0.25, 0.3) is 0 Å². The van der Waals surface area contributed by atoms with Crippen LogP contribution in [0.5, 0.6) is 0 Å². The van der Waals surface area contributed by atoms with E-state index in [0.717, 1.165) is 36.2 Å². The summed E-state index contributed by atoms with van der Waals surface area (Å²) in [6, 6.07) is 0.473. The van der Waals surface area contributed by atoms with Crippen LogP contribution in [0, 0.1) is 20.8 Å². The second kappa shape index (κ2) is 6.93. The van der Waals surface area contributed by atoms with E-state index in [1.165, 1.54) is 23.4 Å². The van der Waals surface area contributed by atoms with E-state index >= 15 is 0 Å². The lowest BCUT2D eigenvalue weighted by atomic mass is 10.0. The van der Waals surface area contributed by atoms with Gasteiger partial charge in [-0.25, -0.2) is 15.0 Å². The zero-order valence-electron chi connectivity index (χ0n) is 14.4. The second-order valence-corrected chi connectivity index (χ2v) is 7.73. The van der Waals surface area contributed by atoms with Crippen LogP contribution in [0.4, 0.5) is 5.95 Å². The predicted molar refractivity (Wildman–Crippen MR) is 95.1 cm³/mol. The minimum Gasteiger partial charge on any atom is -0.340 e. The van der Waals surface area contributed by atoms with Crippen molar-refractivity contribution in [2.45, 2.75) is 46.2 Å². The fraction of sp³-hybridized carbons (Fsp3) is 0.588. The van der Waals surface area contributed by atoms with Crippen LogP contribution in [-0.4, -0.2) is 46.0 Å². The maximum Gasteiger partial charge on any atom is 0.225 e. The summed E-state index contributed by atoms with van der Waals surface area (Å²) in [7, 11) is 2.11. The quantitative estimate of drug-likeness (QED) is 0.862. The van der Waals surface area contributed by atoms with E-state index in [1.807, 2.05) is 30.7 Å². The fourth-order valence-corrected chi connectivity index (χ4v) is 4.12. The molecule has 1 atom stereocenters. The van der Waals surface area contributed by atoms with Gasteiger partial charge >= 0.3 is 0 Å². The van der Waals surface area contributed by atoms with Crippen LogP contribution in [0.1, 0.15) is 34.0 Å². The van der Waals surface area contributed by atoms with Gasteiger partial charge in [-0.15, -0.1) is 11.3 Å². The molecule has 0 amide bonds. The molecular weight excluding hydrogens is 306 g/mol. The summed E-state index contributed by atoms with van der Waals surface area (Å²) in [6.45, 7) is 9.46. The highest BCUT2D eigenvalue weighted by Gasteiger charge is 2.25. The van der Waals surface area contributed by atoms with E-state index in [0.29, 0.717) is 6.04 Å². The van der Waals surface area contributed by atoms with Gasteiger partial charge in [-0.2, -0.15) is 0 Å². The van der Waals surface area contributed by atoms with Crippen LogP contribution in [0.25, 0.3) is 0 Å². The van der Waals surface area contributed by atoms with E-state index in [-0.39, 0.29) is 0 Å². The lowest BCUT2D eigenvalue weighted by molar-refractivity contribution is 0.199. The zero-order chi connectivity index (χ0) is 16.4. The molecule has 0 N–H and O–H groups in total. The summed E-state index contributed by atoms with van der Waals surface area (Å²) < 4.78 is 0. The third-order valence-electron chi connectivity index (χ3n) is 4.48. The highest BCUT2D eigenvalue weighted by atomic mass is 32.1. The van der Waals surface area contributed by atoms with E-state index < -0.39 is 0 Å². The molecule has 0 spiro atoms. The molecule has 1 aliphatic heterocycles. The summed E-state index contributed by atoms with van der Waals surface area (Å²) in [4.78, 5) is 19.7. The monoisotopic (exact) mass is 331 g/mol. The average molecular weight is 331 g/mol. The van der Waals surface area contributed by atoms with Crippen molar-refractivity contribution in [2.24, 2.45) is 0 Å². The number of rotatable bonds is 4. The number of aryl methyl sites for hydroxylation is 3. The van der Waals surface area contributed by atoms with Crippen molar-refractivity contribution in [3.05, 3.63) is 33.5 Å². The fourth-order valence-electron chi connectivity index (χ4n) is 3.15. The Bertz CT molecular complexity index is 652. The first kappa shape index (κ1) is 16.3. The largest absolute Gasteiger partial charge is 0.340 e. The lowest BCUT2D eigenvalue weighted by Gasteiger charge is -2.37. The Kier molecular flexibility index (Phi) is 4.92. The van der Waals surface area contributed by atoms with Crippen LogP contribution in [-0.2, 0) is 6.54 Å². The predicted octanol–water partition coefficient (Wildman–Crippen LogP) is 2.96. The van der Waals surface area contributed by atoms with E-state index in [4.69, 9.17) is 0 Å². The van der Waals surface area contributed by atoms with Gasteiger partial charge in [-0.3, -0.25) is 4.90 Å². The summed E-state index contributed by atoms with van der Waals surface area (Å²) in [5.74, 6) is 0.826. The molecule has 0 radical (unpaired) electrons. The normalized spacial score (nSPS) is 19.0. The minimum absolute atomic E-state index is 0.473. The molecule has 1 unspecified atom stereocenters. The highest BCUT2D eigenvalue weighted by Crippen LogP contribution is 2.23. The van der Waals surface area contributed by atoms with E-state index in [2.05, 4.69) is 45.6 Å². The molecule has 0 saturated carbocycles. The molecule has 5 nitrogen and oxygen atoms in total. The van der Waals surface area contributed by atoms with Crippen molar-refractivity contribution in [3.8, 4) is 0 Å². The van der Waals surface area contributed by atoms with Crippen LogP contribution in [0.3, 0.4) is 0 Å². The number of aromatic nitrogens is 3. The highest BCUT2D eigenvalue weighted by molar-refractivity contribution is 7.11. The topological polar surface area (TPSA) is 45.2 Å². The Morgan fingerprint density at radius 1 is 1.26 bits per heavy atom. The molecule has 0 bridgehead atoms. The summed E-state index contributed by atoms with van der Waals surface area (Å²) in [5.41, 5.74) is 2.29. The molecule has 6 heteroatoms. The molecule has 1 aliphatic rings. The Balaban J connectivity index is 1.65. The van der Waals surface area contributed by atoms with Crippen molar-refractivity contribution in [2.75, 3.05) is 25.0 Å². The molecule has 1 fully saturated rings. The van der Waals surface area contributed by atoms with Crippen molar-refractivity contribution < 1.29 is 0 Å². The van der Waals surface area contributed by atoms with Crippen LogP contribution in [0.15, 0.2) is 12.4 Å². The smallest absolute Gasteiger partial charge is 0.225 e. The summed E-state index contributed by atoms with van der Waals surface area (Å²) in [6.07, 6.45) is 6.20. The first-order valence-electron chi connectivity index (χ1n) is 8.19. The van der Waals surface area contributed by atoms with Crippen LogP contribution >= 0.6 is 11.3 Å². The molecule has 0 aliphatic carbocycles. The lowest BCUT2D eigenvalue weighted by Crippen LogP contribution is -2.46. The third kappa shape index (κ3) is 3.87. The second-order valence-electron chi connectivity index (χ2n) is 6.44. The Hall–Kier alpha value is -1.53. The Labute approximate surface area is 142 Å². The molecule has 2 aromatic rings. The van der Waals surface area contributed by atoms with Crippen molar-refractivity contribution in [1.82, 2.24) is 19.9 Å². The average Bonchev–Trinajstić information content (AvgIpc) is 2.85. The molecule has 1 saturated heterocycles. The number of hydrogen-bond donors (Lipinski definition) is 0. The molecule has 3 rings (SSSR count). The van der Waals surface area contributed by atoms with E-state index in [1.54, 1.807) is 0 Å². The van der Waals surface area contributed by atoms with Gasteiger partial charge in [0, 0.05) is 43.4 Å². The third-order valence-corrected chi connectivity index (χ3v) is 5.54. The van der Waals surface area contributed by atoms with Crippen molar-refractivity contribution >= 4 is 17.3 Å². The van der Waals surface area contributed by atoms with Gasteiger partial charge in [-0.05, 0) is 45.7 Å². The van der Waals surface area contributed by atoms with Gasteiger partial charge in [0.1, 0.15) is 0 Å². The molecule has 0 aromatic carbocycles. The first-order chi connectivity index (χ1) is 11.0. The molecule has 23 heavy (non-hydrogen) atoms. The number of anilines is 1. The number of piperidine rings is 1. The maximum absolute atomic E-state index is 4.55. The summed E-state index contributed by atoms with van der Waals surface area (Å²) >= 11 is 1.82. The standard InChI is InChI=1S/C17H25N5S/c1-12-8-18-17(19-9-12)21(4)15-6-5-7-22(10-15)11-16-13(2)20-14(3)23-16/h8-9,15H,5-7,10-11H2,1-4H3. The maximum atomic E-state index is 4.55. The zero-order valence-corrected chi connectivity index (χ0v) is 15.2. The number of likely N-dealkylation sites (N-methyl/N-ethyl adjacent to an activating group) is 1. The van der Waals surface area contributed by atoms with Gasteiger partial charge < -0.3 is 4.90 Å². The number of likely N-dealkylation sites (tertiary alicyclic amines) is 1. The van der Waals surface area contributed by atoms with Crippen LogP contribution in [0.2, 0.25) is 0 Å².